The van der Waals surface area contributed by atoms with Crippen LogP contribution in [0.4, 0.5) is 11.4 Å². The summed E-state index contributed by atoms with van der Waals surface area (Å²) in [5.41, 5.74) is 0.806. The quantitative estimate of drug-likeness (QED) is 0.296. The van der Waals surface area contributed by atoms with Crippen LogP contribution in [0.1, 0.15) is 0 Å². The number of carbonyl (C=O) groups is 1. The molecular weight excluding hydrogens is 516 g/mol. The van der Waals surface area contributed by atoms with Gasteiger partial charge in [-0.1, -0.05) is 64.5 Å². The van der Waals surface area contributed by atoms with Gasteiger partial charge in [-0.05, 0) is 60.7 Å². The Balaban J connectivity index is 1.60. The number of nitrogens with zero attached hydrogens (tertiary/aromatic N) is 1. The van der Waals surface area contributed by atoms with Gasteiger partial charge in [0.05, 0.1) is 16.3 Å². The zero-order valence-corrected chi connectivity index (χ0v) is 20.4. The topological polar surface area (TPSA) is 75.7 Å². The SMILES string of the molecule is O=C(CN(c1ccc(Br)cc1)S(=O)(=O)c1ccccc1)Nc1ccccc1Oc1ccccc1. The number of sulfonamides is 1. The highest BCUT2D eigenvalue weighted by atomic mass is 79.9. The summed E-state index contributed by atoms with van der Waals surface area (Å²) in [7, 11) is -3.99. The molecule has 4 rings (SSSR count). The van der Waals surface area contributed by atoms with E-state index in [2.05, 4.69) is 21.2 Å². The van der Waals surface area contributed by atoms with E-state index < -0.39 is 22.5 Å². The lowest BCUT2D eigenvalue weighted by atomic mass is 10.2. The van der Waals surface area contributed by atoms with E-state index in [0.29, 0.717) is 22.9 Å². The number of rotatable bonds is 8. The molecule has 0 saturated carbocycles. The molecule has 0 aliphatic rings. The second-order valence-corrected chi connectivity index (χ2v) is 10.0. The number of para-hydroxylation sites is 3. The maximum atomic E-state index is 13.4. The maximum absolute atomic E-state index is 13.4. The Labute approximate surface area is 207 Å². The van der Waals surface area contributed by atoms with Gasteiger partial charge in [0, 0.05) is 4.47 Å². The Morgan fingerprint density at radius 1 is 0.794 bits per heavy atom. The zero-order valence-electron chi connectivity index (χ0n) is 18.0. The van der Waals surface area contributed by atoms with Crippen molar-refractivity contribution in [2.24, 2.45) is 0 Å². The molecule has 0 spiro atoms. The predicted molar refractivity (Wildman–Crippen MR) is 137 cm³/mol. The van der Waals surface area contributed by atoms with Gasteiger partial charge in [0.25, 0.3) is 10.0 Å². The van der Waals surface area contributed by atoms with E-state index >= 15 is 0 Å². The standard InChI is InChI=1S/C26H21BrN2O4S/c27-20-15-17-21(18-16-20)29(34(31,32)23-11-5-2-6-12-23)19-26(30)28-24-13-7-8-14-25(24)33-22-9-3-1-4-10-22/h1-18H,19H2,(H,28,30). The minimum absolute atomic E-state index is 0.0959. The molecule has 1 amide bonds. The summed E-state index contributed by atoms with van der Waals surface area (Å²) in [6.07, 6.45) is 0. The van der Waals surface area contributed by atoms with Crippen LogP contribution >= 0.6 is 15.9 Å². The van der Waals surface area contributed by atoms with Gasteiger partial charge >= 0.3 is 0 Å². The van der Waals surface area contributed by atoms with Crippen molar-refractivity contribution < 1.29 is 17.9 Å². The number of carbonyl (C=O) groups excluding carboxylic acids is 1. The van der Waals surface area contributed by atoms with Gasteiger partial charge in [0.1, 0.15) is 12.3 Å². The molecular formula is C26H21BrN2O4S. The predicted octanol–water partition coefficient (Wildman–Crippen LogP) is 6.08. The van der Waals surface area contributed by atoms with Gasteiger partial charge in [-0.15, -0.1) is 0 Å². The summed E-state index contributed by atoms with van der Waals surface area (Å²) in [5.74, 6) is 0.557. The second-order valence-electron chi connectivity index (χ2n) is 7.26. The number of anilines is 2. The van der Waals surface area contributed by atoms with E-state index in [9.17, 15) is 13.2 Å². The maximum Gasteiger partial charge on any atom is 0.264 e. The summed E-state index contributed by atoms with van der Waals surface area (Å²) in [6, 6.07) is 30.9. The Morgan fingerprint density at radius 3 is 2.06 bits per heavy atom. The van der Waals surface area contributed by atoms with Gasteiger partial charge in [0.2, 0.25) is 5.91 Å². The average Bonchev–Trinajstić information content (AvgIpc) is 2.85. The lowest BCUT2D eigenvalue weighted by Crippen LogP contribution is -2.38. The van der Waals surface area contributed by atoms with E-state index in [1.54, 1.807) is 78.9 Å². The normalized spacial score (nSPS) is 11.0. The molecule has 1 N–H and O–H groups in total. The molecule has 4 aromatic rings. The number of nitrogens with one attached hydrogen (secondary N) is 1. The fraction of sp³-hybridized carbons (Fsp3) is 0.0385. The monoisotopic (exact) mass is 536 g/mol. The third kappa shape index (κ3) is 5.65. The van der Waals surface area contributed by atoms with Crippen molar-refractivity contribution in [3.63, 3.8) is 0 Å². The molecule has 0 heterocycles. The highest BCUT2D eigenvalue weighted by Gasteiger charge is 2.27. The Bertz CT molecular complexity index is 1360. The number of hydrogen-bond acceptors (Lipinski definition) is 4. The van der Waals surface area contributed by atoms with Crippen LogP contribution in [0, 0.1) is 0 Å². The first-order valence-corrected chi connectivity index (χ1v) is 12.6. The van der Waals surface area contributed by atoms with Crippen molar-refractivity contribution in [2.45, 2.75) is 4.90 Å². The molecule has 0 atom stereocenters. The minimum atomic E-state index is -3.99. The molecule has 0 unspecified atom stereocenters. The summed E-state index contributed by atoms with van der Waals surface area (Å²) >= 11 is 3.36. The van der Waals surface area contributed by atoms with Gasteiger partial charge < -0.3 is 10.1 Å². The van der Waals surface area contributed by atoms with Crippen molar-refractivity contribution in [1.29, 1.82) is 0 Å². The van der Waals surface area contributed by atoms with Crippen LogP contribution in [0.3, 0.4) is 0 Å². The van der Waals surface area contributed by atoms with Crippen LogP contribution in [-0.4, -0.2) is 20.9 Å². The van der Waals surface area contributed by atoms with Crippen molar-refractivity contribution in [3.8, 4) is 11.5 Å². The van der Waals surface area contributed by atoms with E-state index in [0.717, 1.165) is 8.78 Å². The molecule has 0 saturated heterocycles. The molecule has 0 aromatic heterocycles. The highest BCUT2D eigenvalue weighted by molar-refractivity contribution is 9.10. The first kappa shape index (κ1) is 23.5. The first-order chi connectivity index (χ1) is 16.4. The van der Waals surface area contributed by atoms with Crippen molar-refractivity contribution in [3.05, 3.63) is 114 Å². The molecule has 0 bridgehead atoms. The highest BCUT2D eigenvalue weighted by Crippen LogP contribution is 2.30. The number of hydrogen-bond donors (Lipinski definition) is 1. The first-order valence-electron chi connectivity index (χ1n) is 10.4. The lowest BCUT2D eigenvalue weighted by Gasteiger charge is -2.24. The number of benzene rings is 4. The van der Waals surface area contributed by atoms with Crippen LogP contribution in [-0.2, 0) is 14.8 Å². The third-order valence-electron chi connectivity index (χ3n) is 4.87. The smallest absolute Gasteiger partial charge is 0.264 e. The Hall–Kier alpha value is -3.62. The zero-order chi connectivity index (χ0) is 24.0. The molecule has 34 heavy (non-hydrogen) atoms. The fourth-order valence-corrected chi connectivity index (χ4v) is 4.94. The third-order valence-corrected chi connectivity index (χ3v) is 7.18. The second kappa shape index (κ2) is 10.5. The molecule has 0 fully saturated rings. The van der Waals surface area contributed by atoms with E-state index in [1.165, 1.54) is 12.1 Å². The van der Waals surface area contributed by atoms with E-state index in [4.69, 9.17) is 4.74 Å². The summed E-state index contributed by atoms with van der Waals surface area (Å²) < 4.78 is 34.6. The summed E-state index contributed by atoms with van der Waals surface area (Å²) in [4.78, 5) is 13.2. The van der Waals surface area contributed by atoms with E-state index in [-0.39, 0.29) is 4.90 Å². The van der Waals surface area contributed by atoms with Crippen LogP contribution in [0.15, 0.2) is 119 Å². The van der Waals surface area contributed by atoms with Gasteiger partial charge in [0.15, 0.2) is 5.75 Å². The molecule has 6 nitrogen and oxygen atoms in total. The Morgan fingerprint density at radius 2 is 1.38 bits per heavy atom. The number of halogens is 1. The van der Waals surface area contributed by atoms with Crippen LogP contribution in [0.25, 0.3) is 0 Å². The molecule has 0 aliphatic carbocycles. The summed E-state index contributed by atoms with van der Waals surface area (Å²) in [5, 5.41) is 2.79. The molecule has 0 aliphatic heterocycles. The fourth-order valence-electron chi connectivity index (χ4n) is 3.24. The van der Waals surface area contributed by atoms with Crippen LogP contribution < -0.4 is 14.4 Å². The van der Waals surface area contributed by atoms with Gasteiger partial charge in [-0.25, -0.2) is 8.42 Å². The van der Waals surface area contributed by atoms with Crippen molar-refractivity contribution in [2.75, 3.05) is 16.2 Å². The van der Waals surface area contributed by atoms with Crippen molar-refractivity contribution in [1.82, 2.24) is 0 Å². The van der Waals surface area contributed by atoms with E-state index in [1.807, 2.05) is 18.2 Å². The van der Waals surface area contributed by atoms with Crippen LogP contribution in [0.2, 0.25) is 0 Å². The summed E-state index contributed by atoms with van der Waals surface area (Å²) in [6.45, 7) is -0.418. The number of amides is 1. The molecule has 4 aromatic carbocycles. The molecule has 172 valence electrons. The average molecular weight is 537 g/mol. The minimum Gasteiger partial charge on any atom is -0.455 e. The molecule has 8 heteroatoms. The van der Waals surface area contributed by atoms with Crippen molar-refractivity contribution >= 4 is 43.2 Å². The molecule has 0 radical (unpaired) electrons. The van der Waals surface area contributed by atoms with Crippen LogP contribution in [0.5, 0.6) is 11.5 Å². The Kier molecular flexibility index (Phi) is 7.30. The number of ether oxygens (including phenoxy) is 1. The van der Waals surface area contributed by atoms with Gasteiger partial charge in [-0.2, -0.15) is 0 Å². The van der Waals surface area contributed by atoms with Gasteiger partial charge in [-0.3, -0.25) is 9.10 Å². The largest absolute Gasteiger partial charge is 0.455 e. The lowest BCUT2D eigenvalue weighted by molar-refractivity contribution is -0.114.